The van der Waals surface area contributed by atoms with Crippen molar-refractivity contribution in [3.63, 3.8) is 0 Å². The molecule has 16 atom stereocenters. The predicted molar refractivity (Wildman–Crippen MR) is 291 cm³/mol. The van der Waals surface area contributed by atoms with Crippen LogP contribution in [0.5, 0.6) is 5.75 Å². The number of cyclic esters (lactones) is 1. The largest absolute Gasteiger partial charge is 0.460 e. The van der Waals surface area contributed by atoms with Gasteiger partial charge in [-0.15, -0.1) is 0 Å². The number of non-ortho nitro benzene ring substituents is 1. The van der Waals surface area contributed by atoms with E-state index in [1.807, 2.05) is 58.1 Å². The van der Waals surface area contributed by atoms with E-state index < -0.39 is 101 Å². The molecule has 3 N–H and O–H groups in total. The lowest BCUT2D eigenvalue weighted by molar-refractivity contribution is -0.384. The summed E-state index contributed by atoms with van der Waals surface area (Å²) in [5.74, 6) is -7.50. The highest BCUT2D eigenvalue weighted by Crippen LogP contribution is 2.38. The van der Waals surface area contributed by atoms with Crippen LogP contribution in [0.1, 0.15) is 126 Å². The van der Waals surface area contributed by atoms with Gasteiger partial charge in [-0.05, 0) is 119 Å². The van der Waals surface area contributed by atoms with Gasteiger partial charge in [0.1, 0.15) is 36.2 Å². The highest BCUT2D eigenvalue weighted by atomic mass is 32.1. The van der Waals surface area contributed by atoms with E-state index in [-0.39, 0.29) is 59.6 Å². The molecule has 0 unspecified atom stereocenters. The number of carbonyl (C=O) groups is 4. The summed E-state index contributed by atoms with van der Waals surface area (Å²) in [7, 11) is 4.52. The average molecular weight is 1100 g/mol. The molecule has 1 aliphatic carbocycles. The van der Waals surface area contributed by atoms with Crippen LogP contribution >= 0.6 is 12.2 Å². The quantitative estimate of drug-likeness (QED) is 0.0526. The van der Waals surface area contributed by atoms with Gasteiger partial charge in [-0.25, -0.2) is 4.79 Å². The summed E-state index contributed by atoms with van der Waals surface area (Å²) in [5.41, 5.74) is 1.19. The number of thiocarbonyl (C=S) groups is 1. The minimum absolute atomic E-state index is 0.00421. The van der Waals surface area contributed by atoms with Crippen LogP contribution in [-0.2, 0) is 47.6 Å². The first-order chi connectivity index (χ1) is 36.5. The Kier molecular flexibility index (Phi) is 24.2. The Morgan fingerprint density at radius 1 is 0.870 bits per heavy atom. The third-order valence-corrected chi connectivity index (χ3v) is 16.3. The summed E-state index contributed by atoms with van der Waals surface area (Å²) in [5, 5.41) is 46.5. The van der Waals surface area contributed by atoms with Gasteiger partial charge in [0.2, 0.25) is 5.79 Å². The SMILES string of the molecule is CO[C@H]1C[C@@H]2CC[C@@H](C)[C@@](O)(O2)C(=O)C(=O)N2CCCC[C@H]2C(=O)O[C@H]([C@H](C)C[C@@H]2CC[C@@H](OC(=S)Oc3ccc([N+](=O)[O-])cc3)[C@H](OC)C2)C[C@@H](O)[C@H](C)/C=C(\C)[C@@H](O)[C@@H](OC)C(=O)[C@H](C)C[C@H](C)/C=C/C=CC=C1C. The number of nitro groups is 1. The van der Waals surface area contributed by atoms with Gasteiger partial charge in [0.15, 0.2) is 5.78 Å². The Labute approximate surface area is 459 Å². The monoisotopic (exact) mass is 1100 g/mol. The number of piperidine rings is 1. The van der Waals surface area contributed by atoms with Crippen LogP contribution in [0, 0.1) is 45.6 Å². The Bertz CT molecular complexity index is 2300. The lowest BCUT2D eigenvalue weighted by atomic mass is 9.78. The third-order valence-electron chi connectivity index (χ3n) is 16.1. The number of fused-ring (bicyclic) bond motifs is 3. The zero-order valence-corrected chi connectivity index (χ0v) is 47.4. The van der Waals surface area contributed by atoms with Crippen molar-refractivity contribution in [3.05, 3.63) is 82.0 Å². The number of ether oxygens (including phenoxy) is 7. The van der Waals surface area contributed by atoms with Gasteiger partial charge in [0.25, 0.3) is 17.4 Å². The summed E-state index contributed by atoms with van der Waals surface area (Å²) in [6.45, 7) is 12.8. The predicted octanol–water partition coefficient (Wildman–Crippen LogP) is 8.27. The second kappa shape index (κ2) is 29.5. The summed E-state index contributed by atoms with van der Waals surface area (Å²) in [4.78, 5) is 69.0. The van der Waals surface area contributed by atoms with Crippen molar-refractivity contribution in [1.82, 2.24) is 4.90 Å². The zero-order chi connectivity index (χ0) is 56.7. The first-order valence-electron chi connectivity index (χ1n) is 27.3. The molecule has 2 saturated heterocycles. The third kappa shape index (κ3) is 17.1. The second-order valence-corrected chi connectivity index (χ2v) is 22.3. The summed E-state index contributed by atoms with van der Waals surface area (Å²) >= 11 is 5.39. The Morgan fingerprint density at radius 2 is 1.58 bits per heavy atom. The number of ketones is 2. The van der Waals surface area contributed by atoms with E-state index in [1.54, 1.807) is 41.1 Å². The lowest BCUT2D eigenvalue weighted by Gasteiger charge is -2.43. The van der Waals surface area contributed by atoms with Gasteiger partial charge in [0.05, 0.1) is 29.3 Å². The Balaban J connectivity index is 1.42. The number of hydrogen-bond acceptors (Lipinski definition) is 17. The Morgan fingerprint density at radius 3 is 2.25 bits per heavy atom. The van der Waals surface area contributed by atoms with Crippen molar-refractivity contribution in [2.24, 2.45) is 35.5 Å². The number of rotatable bonds is 9. The molecule has 77 heavy (non-hydrogen) atoms. The van der Waals surface area contributed by atoms with E-state index in [2.05, 4.69) is 0 Å². The summed E-state index contributed by atoms with van der Waals surface area (Å²) in [6, 6.07) is 4.30. The van der Waals surface area contributed by atoms with Crippen molar-refractivity contribution in [3.8, 4) is 5.75 Å². The molecule has 19 heteroatoms. The molecular formula is C58H84N2O16S. The number of hydrogen-bond donors (Lipinski definition) is 3. The van der Waals surface area contributed by atoms with E-state index in [0.29, 0.717) is 69.8 Å². The average Bonchev–Trinajstić information content (AvgIpc) is 3.41. The smallest absolute Gasteiger partial charge is 0.358 e. The second-order valence-electron chi connectivity index (χ2n) is 22.0. The van der Waals surface area contributed by atoms with Crippen molar-refractivity contribution in [2.45, 2.75) is 186 Å². The number of amides is 1. The number of nitrogens with zero attached hydrogens (tertiary/aromatic N) is 2. The molecule has 4 aliphatic rings. The van der Waals surface area contributed by atoms with Gasteiger partial charge in [-0.2, -0.15) is 0 Å². The fourth-order valence-corrected chi connectivity index (χ4v) is 11.5. The molecule has 0 aromatic heterocycles. The number of aliphatic hydroxyl groups is 3. The zero-order valence-electron chi connectivity index (χ0n) is 46.6. The van der Waals surface area contributed by atoms with E-state index >= 15 is 0 Å². The highest BCUT2D eigenvalue weighted by molar-refractivity contribution is 7.79. The van der Waals surface area contributed by atoms with E-state index in [9.17, 15) is 44.6 Å². The molecule has 0 spiro atoms. The molecule has 1 amide bonds. The topological polar surface area (TPSA) is 240 Å². The number of Topliss-reactive ketones (excluding diaryl/α,β-unsaturated/α-hetero) is 2. The fourth-order valence-electron chi connectivity index (χ4n) is 11.3. The van der Waals surface area contributed by atoms with Gasteiger partial charge < -0.3 is 53.4 Å². The molecule has 428 valence electrons. The number of esters is 1. The maximum absolute atomic E-state index is 14.6. The van der Waals surface area contributed by atoms with Gasteiger partial charge >= 0.3 is 11.2 Å². The van der Waals surface area contributed by atoms with E-state index in [1.165, 1.54) is 36.3 Å². The summed E-state index contributed by atoms with van der Waals surface area (Å²) < 4.78 is 41.7. The van der Waals surface area contributed by atoms with Crippen molar-refractivity contribution < 1.29 is 72.6 Å². The summed E-state index contributed by atoms with van der Waals surface area (Å²) in [6.07, 6.45) is 9.99. The molecule has 3 heterocycles. The maximum atomic E-state index is 14.6. The highest BCUT2D eigenvalue weighted by Gasteiger charge is 2.53. The minimum Gasteiger partial charge on any atom is -0.460 e. The molecule has 5 rings (SSSR count). The molecule has 1 aromatic carbocycles. The van der Waals surface area contributed by atoms with Crippen LogP contribution in [0.4, 0.5) is 5.69 Å². The van der Waals surface area contributed by atoms with Gasteiger partial charge in [-0.1, -0.05) is 71.1 Å². The Hall–Kier alpha value is -4.73. The molecule has 3 aliphatic heterocycles. The van der Waals surface area contributed by atoms with Crippen molar-refractivity contribution >= 4 is 46.6 Å². The van der Waals surface area contributed by atoms with Crippen LogP contribution in [-0.4, -0.2) is 142 Å². The first kappa shape index (κ1) is 63.1. The van der Waals surface area contributed by atoms with Crippen molar-refractivity contribution in [1.29, 1.82) is 0 Å². The standard InChI is InChI=1S/C58H84N2O16S/c1-34-16-12-11-13-17-35(2)48(70-8)32-44-23-19-40(7)58(67,76-44)54(64)55(65)59-27-15-14-18-45(59)56(66)74-49(33-46(61)36(3)29-39(6)52(63)53(72-10)51(62)38(5)28-34)37(4)30-41-20-26-47(50(31-41)71-9)75-57(77)73-43-24-21-42(22-25-43)60(68)69/h11-13,16-17,21-22,24-25,29,34,36-38,40-41,44-50,52-53,61,63,67H,14-15,18-20,23,26-28,30-33H2,1-10H3/b13-11?,16-12+,35-17?,39-29+/t34-,36-,37-,38-,40-,41+,44+,45+,46-,47-,48+,49+,50-,52-,53+,58-/m1/s1. The van der Waals surface area contributed by atoms with Crippen LogP contribution in [0.3, 0.4) is 0 Å². The molecule has 1 aromatic rings. The molecule has 3 fully saturated rings. The minimum atomic E-state index is -2.46. The van der Waals surface area contributed by atoms with Gasteiger partial charge in [-0.3, -0.25) is 24.5 Å². The van der Waals surface area contributed by atoms with E-state index in [4.69, 9.17) is 45.4 Å². The fraction of sp³-hybridized carbons (Fsp3) is 0.672. The van der Waals surface area contributed by atoms with Crippen LogP contribution in [0.25, 0.3) is 0 Å². The number of carbonyl (C=O) groups excluding carboxylic acids is 4. The number of methoxy groups -OCH3 is 3. The lowest BCUT2D eigenvalue weighted by Crippen LogP contribution is -2.61. The molecule has 0 radical (unpaired) electrons. The van der Waals surface area contributed by atoms with Crippen LogP contribution in [0.2, 0.25) is 0 Å². The normalized spacial score (nSPS) is 35.6. The van der Waals surface area contributed by atoms with Gasteiger partial charge in [0, 0.05) is 82.8 Å². The van der Waals surface area contributed by atoms with Crippen LogP contribution < -0.4 is 4.74 Å². The first-order valence-corrected chi connectivity index (χ1v) is 27.7. The molecule has 18 nitrogen and oxygen atoms in total. The molecule has 2 bridgehead atoms. The number of benzene rings is 1. The number of nitro benzene ring substituents is 1. The number of allylic oxidation sites excluding steroid dienone is 5. The van der Waals surface area contributed by atoms with Crippen LogP contribution in [0.15, 0.2) is 71.9 Å². The van der Waals surface area contributed by atoms with E-state index in [0.717, 1.165) is 5.57 Å². The molecular weight excluding hydrogens is 1010 g/mol. The molecule has 1 saturated carbocycles. The van der Waals surface area contributed by atoms with Crippen molar-refractivity contribution in [2.75, 3.05) is 27.9 Å². The maximum Gasteiger partial charge on any atom is 0.358 e. The number of aliphatic hydroxyl groups excluding tert-OH is 2.